The monoisotopic (exact) mass is 130 g/mol. The summed E-state index contributed by atoms with van der Waals surface area (Å²) in [5.41, 5.74) is 0. The van der Waals surface area contributed by atoms with Crippen LogP contribution in [0.4, 0.5) is 0 Å². The van der Waals surface area contributed by atoms with Crippen molar-refractivity contribution in [3.05, 3.63) is 12.3 Å². The highest BCUT2D eigenvalue weighted by molar-refractivity contribution is 4.95. The van der Waals surface area contributed by atoms with E-state index in [9.17, 15) is 0 Å². The summed E-state index contributed by atoms with van der Waals surface area (Å²) in [6.07, 6.45) is 0.973. The van der Waals surface area contributed by atoms with Crippen LogP contribution in [0.3, 0.4) is 0 Å². The lowest BCUT2D eigenvalue weighted by Crippen LogP contribution is -2.37. The normalized spacial score (nSPS) is 42.3. The molecule has 0 aromatic rings. The average Bonchev–Trinajstić information content (AvgIpc) is 1.83. The molecule has 2 N–H and O–H groups in total. The van der Waals surface area contributed by atoms with Crippen molar-refractivity contribution >= 4 is 0 Å². The van der Waals surface area contributed by atoms with Crippen molar-refractivity contribution in [1.29, 1.82) is 0 Å². The topological polar surface area (TPSA) is 49.7 Å². The van der Waals surface area contributed by atoms with E-state index in [0.29, 0.717) is 0 Å². The standard InChI is InChI=1S/C6H10O3/c1-4-6(8)5(7)2-3-9-4/h2-8H,1H3/t4?,5-,6+/m1/s1. The van der Waals surface area contributed by atoms with Gasteiger partial charge in [0.05, 0.1) is 6.26 Å². The Labute approximate surface area is 53.6 Å². The van der Waals surface area contributed by atoms with Crippen molar-refractivity contribution in [1.82, 2.24) is 0 Å². The van der Waals surface area contributed by atoms with E-state index in [1.54, 1.807) is 6.92 Å². The minimum Gasteiger partial charge on any atom is -0.496 e. The third-order valence-corrected chi connectivity index (χ3v) is 1.40. The van der Waals surface area contributed by atoms with Gasteiger partial charge in [-0.05, 0) is 13.0 Å². The largest absolute Gasteiger partial charge is 0.496 e. The molecule has 0 aliphatic carbocycles. The molecule has 1 heterocycles. The number of hydrogen-bond donors (Lipinski definition) is 2. The van der Waals surface area contributed by atoms with E-state index in [0.717, 1.165) is 0 Å². The van der Waals surface area contributed by atoms with Crippen molar-refractivity contribution in [2.75, 3.05) is 0 Å². The van der Waals surface area contributed by atoms with Crippen LogP contribution in [0.2, 0.25) is 0 Å². The molecule has 3 heteroatoms. The van der Waals surface area contributed by atoms with Crippen molar-refractivity contribution < 1.29 is 14.9 Å². The Morgan fingerprint density at radius 2 is 2.11 bits per heavy atom. The zero-order valence-corrected chi connectivity index (χ0v) is 5.19. The molecule has 1 unspecified atom stereocenters. The summed E-state index contributed by atoms with van der Waals surface area (Å²) in [6.45, 7) is 1.71. The van der Waals surface area contributed by atoms with Crippen LogP contribution in [-0.2, 0) is 4.74 Å². The van der Waals surface area contributed by atoms with Gasteiger partial charge in [-0.15, -0.1) is 0 Å². The first-order chi connectivity index (χ1) is 4.22. The van der Waals surface area contributed by atoms with Crippen molar-refractivity contribution in [3.8, 4) is 0 Å². The second-order valence-corrected chi connectivity index (χ2v) is 2.15. The fourth-order valence-electron chi connectivity index (χ4n) is 0.722. The zero-order valence-electron chi connectivity index (χ0n) is 5.19. The van der Waals surface area contributed by atoms with Crippen LogP contribution in [-0.4, -0.2) is 28.5 Å². The number of ether oxygens (including phenoxy) is 1. The van der Waals surface area contributed by atoms with Crippen LogP contribution in [0.25, 0.3) is 0 Å². The van der Waals surface area contributed by atoms with E-state index < -0.39 is 12.2 Å². The van der Waals surface area contributed by atoms with Gasteiger partial charge in [0, 0.05) is 0 Å². The number of rotatable bonds is 0. The van der Waals surface area contributed by atoms with Gasteiger partial charge in [-0.1, -0.05) is 0 Å². The average molecular weight is 130 g/mol. The molecule has 0 spiro atoms. The predicted octanol–water partition coefficient (Wildman–Crippen LogP) is -0.359. The molecule has 1 aliphatic rings. The number of aliphatic hydroxyl groups is 2. The van der Waals surface area contributed by atoms with Gasteiger partial charge in [0.1, 0.15) is 18.3 Å². The van der Waals surface area contributed by atoms with Crippen LogP contribution < -0.4 is 0 Å². The molecular formula is C6H10O3. The molecule has 0 amide bonds. The Balaban J connectivity index is 2.58. The maximum absolute atomic E-state index is 9.02. The van der Waals surface area contributed by atoms with E-state index >= 15 is 0 Å². The highest BCUT2D eigenvalue weighted by Crippen LogP contribution is 2.10. The van der Waals surface area contributed by atoms with E-state index in [4.69, 9.17) is 14.9 Å². The molecule has 0 saturated carbocycles. The molecular weight excluding hydrogens is 120 g/mol. The van der Waals surface area contributed by atoms with Crippen LogP contribution in [0.1, 0.15) is 6.92 Å². The van der Waals surface area contributed by atoms with Gasteiger partial charge in [-0.3, -0.25) is 0 Å². The number of aliphatic hydroxyl groups excluding tert-OH is 2. The maximum atomic E-state index is 9.02. The van der Waals surface area contributed by atoms with Crippen LogP contribution >= 0.6 is 0 Å². The SMILES string of the molecule is CC1OC=C[C@@H](O)[C@H]1O. The second-order valence-electron chi connectivity index (χ2n) is 2.15. The van der Waals surface area contributed by atoms with Crippen molar-refractivity contribution in [2.45, 2.75) is 25.2 Å². The Kier molecular flexibility index (Phi) is 1.73. The molecule has 0 aromatic carbocycles. The molecule has 0 bridgehead atoms. The first kappa shape index (κ1) is 6.58. The van der Waals surface area contributed by atoms with E-state index in [-0.39, 0.29) is 6.10 Å². The quantitative estimate of drug-likeness (QED) is 0.471. The van der Waals surface area contributed by atoms with Crippen LogP contribution in [0, 0.1) is 0 Å². The predicted molar refractivity (Wildman–Crippen MR) is 31.7 cm³/mol. The second kappa shape index (κ2) is 2.37. The molecule has 9 heavy (non-hydrogen) atoms. The van der Waals surface area contributed by atoms with Gasteiger partial charge in [0.2, 0.25) is 0 Å². The Bertz CT molecular complexity index is 121. The third kappa shape index (κ3) is 1.23. The van der Waals surface area contributed by atoms with Gasteiger partial charge >= 0.3 is 0 Å². The molecule has 0 radical (unpaired) electrons. The van der Waals surface area contributed by atoms with E-state index in [1.807, 2.05) is 0 Å². The van der Waals surface area contributed by atoms with Crippen LogP contribution in [0.5, 0.6) is 0 Å². The molecule has 3 nitrogen and oxygen atoms in total. The molecule has 1 rings (SSSR count). The van der Waals surface area contributed by atoms with Gasteiger partial charge in [-0.2, -0.15) is 0 Å². The summed E-state index contributed by atoms with van der Waals surface area (Å²) < 4.78 is 4.87. The minimum absolute atomic E-state index is 0.301. The lowest BCUT2D eigenvalue weighted by atomic mass is 10.1. The van der Waals surface area contributed by atoms with E-state index in [1.165, 1.54) is 12.3 Å². The molecule has 3 atom stereocenters. The van der Waals surface area contributed by atoms with E-state index in [2.05, 4.69) is 0 Å². The maximum Gasteiger partial charge on any atom is 0.124 e. The molecule has 52 valence electrons. The smallest absolute Gasteiger partial charge is 0.124 e. The minimum atomic E-state index is -0.782. The molecule has 1 aliphatic heterocycles. The fourth-order valence-corrected chi connectivity index (χ4v) is 0.722. The molecule has 0 fully saturated rings. The summed E-state index contributed by atoms with van der Waals surface area (Å²) in [5, 5.41) is 18.0. The summed E-state index contributed by atoms with van der Waals surface area (Å²) >= 11 is 0. The van der Waals surface area contributed by atoms with Crippen molar-refractivity contribution in [3.63, 3.8) is 0 Å². The van der Waals surface area contributed by atoms with Gasteiger partial charge in [0.15, 0.2) is 0 Å². The van der Waals surface area contributed by atoms with Gasteiger partial charge in [-0.25, -0.2) is 0 Å². The fraction of sp³-hybridized carbons (Fsp3) is 0.667. The number of hydrogen-bond acceptors (Lipinski definition) is 3. The summed E-state index contributed by atoms with van der Waals surface area (Å²) in [6, 6.07) is 0. The Hall–Kier alpha value is -0.540. The lowest BCUT2D eigenvalue weighted by Gasteiger charge is -2.24. The Morgan fingerprint density at radius 3 is 2.56 bits per heavy atom. The highest BCUT2D eigenvalue weighted by atomic mass is 16.5. The zero-order chi connectivity index (χ0) is 6.85. The summed E-state index contributed by atoms with van der Waals surface area (Å²) in [5.74, 6) is 0. The lowest BCUT2D eigenvalue weighted by molar-refractivity contribution is -0.0543. The molecule has 0 aromatic heterocycles. The third-order valence-electron chi connectivity index (χ3n) is 1.40. The summed E-state index contributed by atoms with van der Waals surface area (Å²) in [4.78, 5) is 0. The van der Waals surface area contributed by atoms with Crippen molar-refractivity contribution in [2.24, 2.45) is 0 Å². The first-order valence-corrected chi connectivity index (χ1v) is 2.90. The summed E-state index contributed by atoms with van der Waals surface area (Å²) in [7, 11) is 0. The van der Waals surface area contributed by atoms with Crippen LogP contribution in [0.15, 0.2) is 12.3 Å². The van der Waals surface area contributed by atoms with Gasteiger partial charge in [0.25, 0.3) is 0 Å². The Morgan fingerprint density at radius 1 is 1.44 bits per heavy atom. The first-order valence-electron chi connectivity index (χ1n) is 2.90. The van der Waals surface area contributed by atoms with Gasteiger partial charge < -0.3 is 14.9 Å². The molecule has 0 saturated heterocycles. The highest BCUT2D eigenvalue weighted by Gasteiger charge is 2.24.